The van der Waals surface area contributed by atoms with Gasteiger partial charge in [-0.2, -0.15) is 0 Å². The van der Waals surface area contributed by atoms with Crippen molar-refractivity contribution in [3.63, 3.8) is 0 Å². The van der Waals surface area contributed by atoms with Gasteiger partial charge >= 0.3 is 0 Å². The number of benzene rings is 1. The van der Waals surface area contributed by atoms with Gasteiger partial charge in [0.15, 0.2) is 5.78 Å². The summed E-state index contributed by atoms with van der Waals surface area (Å²) in [5.41, 5.74) is 0.769. The van der Waals surface area contributed by atoms with Crippen molar-refractivity contribution in [3.05, 3.63) is 29.1 Å². The summed E-state index contributed by atoms with van der Waals surface area (Å²) in [5.74, 6) is -0.538. The predicted octanol–water partition coefficient (Wildman–Crippen LogP) is 1.54. The number of methoxy groups -OCH3 is 1. The van der Waals surface area contributed by atoms with Crippen LogP contribution >= 0.6 is 0 Å². The van der Waals surface area contributed by atoms with E-state index in [9.17, 15) is 9.18 Å². The maximum Gasteiger partial charge on any atom is 0.183 e. The van der Waals surface area contributed by atoms with Crippen molar-refractivity contribution in [1.82, 2.24) is 5.32 Å². The third-order valence-electron chi connectivity index (χ3n) is 2.12. The van der Waals surface area contributed by atoms with E-state index in [0.717, 1.165) is 5.56 Å². The quantitative estimate of drug-likeness (QED) is 0.768. The lowest BCUT2D eigenvalue weighted by molar-refractivity contribution is 0.0986. The van der Waals surface area contributed by atoms with Crippen LogP contribution in [0.5, 0.6) is 5.75 Å². The number of carbonyl (C=O) groups is 1. The zero-order chi connectivity index (χ0) is 11.4. The van der Waals surface area contributed by atoms with Gasteiger partial charge in [0, 0.05) is 0 Å². The van der Waals surface area contributed by atoms with Gasteiger partial charge in [0.25, 0.3) is 0 Å². The van der Waals surface area contributed by atoms with Crippen LogP contribution in [-0.2, 0) is 0 Å². The van der Waals surface area contributed by atoms with Gasteiger partial charge in [-0.3, -0.25) is 4.79 Å². The van der Waals surface area contributed by atoms with E-state index in [1.165, 1.54) is 13.2 Å². The van der Waals surface area contributed by atoms with E-state index in [1.54, 1.807) is 20.0 Å². The number of likely N-dealkylation sites (N-methyl/N-ethyl adjacent to an activating group) is 1. The average molecular weight is 211 g/mol. The molecule has 0 unspecified atom stereocenters. The molecule has 0 saturated heterocycles. The minimum Gasteiger partial charge on any atom is -0.496 e. The Hall–Kier alpha value is -1.42. The molecule has 0 aliphatic carbocycles. The van der Waals surface area contributed by atoms with Crippen LogP contribution in [-0.4, -0.2) is 26.5 Å². The summed E-state index contributed by atoms with van der Waals surface area (Å²) in [6, 6.07) is 2.87. The number of rotatable bonds is 4. The second-order valence-corrected chi connectivity index (χ2v) is 3.23. The van der Waals surface area contributed by atoms with Gasteiger partial charge in [-0.05, 0) is 25.6 Å². The number of hydrogen-bond donors (Lipinski definition) is 1. The van der Waals surface area contributed by atoms with E-state index in [2.05, 4.69) is 5.32 Å². The highest BCUT2D eigenvalue weighted by Gasteiger charge is 2.18. The summed E-state index contributed by atoms with van der Waals surface area (Å²) in [6.07, 6.45) is 0. The Morgan fingerprint density at radius 2 is 2.20 bits per heavy atom. The Balaban J connectivity index is 3.24. The summed E-state index contributed by atoms with van der Waals surface area (Å²) in [6.45, 7) is 1.87. The third-order valence-corrected chi connectivity index (χ3v) is 2.12. The normalized spacial score (nSPS) is 10.1. The summed E-state index contributed by atoms with van der Waals surface area (Å²) in [4.78, 5) is 11.6. The monoisotopic (exact) mass is 211 g/mol. The summed E-state index contributed by atoms with van der Waals surface area (Å²) >= 11 is 0. The second kappa shape index (κ2) is 4.89. The molecule has 1 aromatic carbocycles. The first-order valence-electron chi connectivity index (χ1n) is 4.62. The molecule has 0 saturated carbocycles. The standard InChI is InChI=1S/C11H14FNO2/c1-7-4-5-8(12)10(11(7)15-3)9(14)6-13-2/h4-5,13H,6H2,1-3H3. The highest BCUT2D eigenvalue weighted by molar-refractivity contribution is 6.00. The van der Waals surface area contributed by atoms with E-state index >= 15 is 0 Å². The highest BCUT2D eigenvalue weighted by Crippen LogP contribution is 2.26. The first-order valence-corrected chi connectivity index (χ1v) is 4.62. The number of hydrogen-bond acceptors (Lipinski definition) is 3. The molecule has 3 nitrogen and oxygen atoms in total. The lowest BCUT2D eigenvalue weighted by Crippen LogP contribution is -2.20. The predicted molar refractivity (Wildman–Crippen MR) is 55.9 cm³/mol. The van der Waals surface area contributed by atoms with Crippen LogP contribution in [0.15, 0.2) is 12.1 Å². The fourth-order valence-electron chi connectivity index (χ4n) is 1.43. The molecule has 0 spiro atoms. The smallest absolute Gasteiger partial charge is 0.183 e. The van der Waals surface area contributed by atoms with Crippen molar-refractivity contribution in [2.75, 3.05) is 20.7 Å². The van der Waals surface area contributed by atoms with E-state index in [1.807, 2.05) is 0 Å². The van der Waals surface area contributed by atoms with E-state index in [-0.39, 0.29) is 17.9 Å². The summed E-state index contributed by atoms with van der Waals surface area (Å²) in [7, 11) is 3.07. The molecule has 1 aromatic rings. The minimum atomic E-state index is -0.544. The summed E-state index contributed by atoms with van der Waals surface area (Å²) < 4.78 is 18.5. The number of ketones is 1. The molecule has 0 aliphatic rings. The van der Waals surface area contributed by atoms with Crippen molar-refractivity contribution in [3.8, 4) is 5.75 Å². The maximum atomic E-state index is 13.5. The number of ether oxygens (including phenoxy) is 1. The van der Waals surface area contributed by atoms with Crippen molar-refractivity contribution < 1.29 is 13.9 Å². The van der Waals surface area contributed by atoms with Crippen LogP contribution in [0.4, 0.5) is 4.39 Å². The van der Waals surface area contributed by atoms with Gasteiger partial charge in [0.2, 0.25) is 0 Å². The van der Waals surface area contributed by atoms with Crippen molar-refractivity contribution in [1.29, 1.82) is 0 Å². The number of halogens is 1. The van der Waals surface area contributed by atoms with Gasteiger partial charge in [0.05, 0.1) is 19.2 Å². The molecular weight excluding hydrogens is 197 g/mol. The minimum absolute atomic E-state index is 0.0202. The van der Waals surface area contributed by atoms with Crippen LogP contribution in [0, 0.1) is 12.7 Å². The molecule has 1 N–H and O–H groups in total. The lowest BCUT2D eigenvalue weighted by atomic mass is 10.0. The first kappa shape index (κ1) is 11.7. The molecule has 15 heavy (non-hydrogen) atoms. The first-order chi connectivity index (χ1) is 7.11. The van der Waals surface area contributed by atoms with Crippen molar-refractivity contribution in [2.45, 2.75) is 6.92 Å². The molecule has 0 fully saturated rings. The lowest BCUT2D eigenvalue weighted by Gasteiger charge is -2.11. The Morgan fingerprint density at radius 3 is 2.73 bits per heavy atom. The SMILES string of the molecule is CNCC(=O)c1c(F)ccc(C)c1OC. The van der Waals surface area contributed by atoms with Crippen LogP contribution in [0.2, 0.25) is 0 Å². The van der Waals surface area contributed by atoms with Crippen LogP contribution in [0.1, 0.15) is 15.9 Å². The Kier molecular flexibility index (Phi) is 3.80. The molecule has 4 heteroatoms. The van der Waals surface area contributed by atoms with Crippen LogP contribution in [0.25, 0.3) is 0 Å². The van der Waals surface area contributed by atoms with E-state index in [4.69, 9.17) is 4.74 Å². The van der Waals surface area contributed by atoms with Gasteiger partial charge in [-0.25, -0.2) is 4.39 Å². The number of aryl methyl sites for hydroxylation is 1. The van der Waals surface area contributed by atoms with E-state index in [0.29, 0.717) is 5.75 Å². The number of carbonyl (C=O) groups excluding carboxylic acids is 1. The van der Waals surface area contributed by atoms with Crippen molar-refractivity contribution in [2.24, 2.45) is 0 Å². The highest BCUT2D eigenvalue weighted by atomic mass is 19.1. The fourth-order valence-corrected chi connectivity index (χ4v) is 1.43. The molecule has 0 heterocycles. The van der Waals surface area contributed by atoms with Gasteiger partial charge < -0.3 is 10.1 Å². The molecule has 0 amide bonds. The zero-order valence-corrected chi connectivity index (χ0v) is 9.06. The summed E-state index contributed by atoms with van der Waals surface area (Å²) in [5, 5.41) is 2.69. The number of Topliss-reactive ketones (excluding diaryl/α,β-unsaturated/α-hetero) is 1. The number of nitrogens with one attached hydrogen (secondary N) is 1. The molecule has 0 bridgehead atoms. The fraction of sp³-hybridized carbons (Fsp3) is 0.364. The largest absolute Gasteiger partial charge is 0.496 e. The molecule has 0 aliphatic heterocycles. The molecule has 82 valence electrons. The third kappa shape index (κ3) is 2.33. The Morgan fingerprint density at radius 1 is 1.53 bits per heavy atom. The van der Waals surface area contributed by atoms with Gasteiger partial charge in [0.1, 0.15) is 11.6 Å². The second-order valence-electron chi connectivity index (χ2n) is 3.23. The van der Waals surface area contributed by atoms with Crippen molar-refractivity contribution >= 4 is 5.78 Å². The molecule has 0 atom stereocenters. The van der Waals surface area contributed by atoms with Gasteiger partial charge in [-0.15, -0.1) is 0 Å². The average Bonchev–Trinajstić information content (AvgIpc) is 2.21. The topological polar surface area (TPSA) is 38.3 Å². The molecule has 1 rings (SSSR count). The van der Waals surface area contributed by atoms with Crippen LogP contribution in [0.3, 0.4) is 0 Å². The zero-order valence-electron chi connectivity index (χ0n) is 9.06. The van der Waals surface area contributed by atoms with Gasteiger partial charge in [-0.1, -0.05) is 6.07 Å². The van der Waals surface area contributed by atoms with Crippen LogP contribution < -0.4 is 10.1 Å². The maximum absolute atomic E-state index is 13.5. The molecule has 0 aromatic heterocycles. The van der Waals surface area contributed by atoms with E-state index < -0.39 is 5.82 Å². The molecule has 0 radical (unpaired) electrons. The Bertz CT molecular complexity index is 377. The molecular formula is C11H14FNO2. The Labute approximate surface area is 88.2 Å².